The molecule has 6 heteroatoms. The molecule has 3 rings (SSSR count). The predicted molar refractivity (Wildman–Crippen MR) is 111 cm³/mol. The van der Waals surface area contributed by atoms with Crippen LogP contribution in [-0.2, 0) is 20.7 Å². The molecule has 1 heterocycles. The van der Waals surface area contributed by atoms with Crippen LogP contribution < -0.4 is 0 Å². The van der Waals surface area contributed by atoms with Gasteiger partial charge in [-0.05, 0) is 37.0 Å². The lowest BCUT2D eigenvalue weighted by atomic mass is 9.86. The van der Waals surface area contributed by atoms with Crippen molar-refractivity contribution in [1.82, 2.24) is 4.90 Å². The fraction of sp³-hybridized carbons (Fsp3) is 0.333. The fourth-order valence-electron chi connectivity index (χ4n) is 3.81. The number of rotatable bonds is 8. The largest absolute Gasteiger partial charge is 0.465 e. The minimum absolute atomic E-state index is 0.136. The molecule has 2 aromatic rings. The molecule has 2 aromatic carbocycles. The van der Waals surface area contributed by atoms with Crippen molar-refractivity contribution < 1.29 is 23.9 Å². The zero-order chi connectivity index (χ0) is 21.8. The standard InChI is InChI=1S/C24H25NO5/c1-4-30-24(29)19(14-16-10-6-5-7-11-16)21(26)20(15(2)3)25-22(27)17-12-8-9-13-18(17)23(25)28/h5-13,15,19-20H,4,14H2,1-3H3. The average Bonchev–Trinajstić information content (AvgIpc) is 2.98. The Hall–Kier alpha value is -3.28. The number of esters is 1. The van der Waals surface area contributed by atoms with Crippen molar-refractivity contribution >= 4 is 23.6 Å². The Bertz CT molecular complexity index is 932. The number of hydrogen-bond donors (Lipinski definition) is 0. The molecule has 6 nitrogen and oxygen atoms in total. The van der Waals surface area contributed by atoms with E-state index in [-0.39, 0.29) is 30.1 Å². The number of benzene rings is 2. The van der Waals surface area contributed by atoms with Gasteiger partial charge in [0.1, 0.15) is 12.0 Å². The smallest absolute Gasteiger partial charge is 0.316 e. The van der Waals surface area contributed by atoms with Crippen molar-refractivity contribution in [2.75, 3.05) is 6.61 Å². The van der Waals surface area contributed by atoms with Crippen LogP contribution in [0.5, 0.6) is 0 Å². The maximum Gasteiger partial charge on any atom is 0.316 e. The number of hydrogen-bond acceptors (Lipinski definition) is 5. The minimum Gasteiger partial charge on any atom is -0.465 e. The third-order valence-corrected chi connectivity index (χ3v) is 5.22. The number of ketones is 1. The summed E-state index contributed by atoms with van der Waals surface area (Å²) in [5.41, 5.74) is 1.35. The summed E-state index contributed by atoms with van der Waals surface area (Å²) in [6.07, 6.45) is 0.144. The molecule has 0 bridgehead atoms. The van der Waals surface area contributed by atoms with E-state index >= 15 is 0 Å². The van der Waals surface area contributed by atoms with Gasteiger partial charge in [0.15, 0.2) is 5.78 Å². The van der Waals surface area contributed by atoms with Crippen LogP contribution in [0.4, 0.5) is 0 Å². The zero-order valence-electron chi connectivity index (χ0n) is 17.3. The van der Waals surface area contributed by atoms with Crippen molar-refractivity contribution in [3.63, 3.8) is 0 Å². The van der Waals surface area contributed by atoms with Gasteiger partial charge < -0.3 is 4.74 Å². The maximum atomic E-state index is 13.6. The van der Waals surface area contributed by atoms with E-state index in [0.717, 1.165) is 10.5 Å². The summed E-state index contributed by atoms with van der Waals surface area (Å²) < 4.78 is 5.16. The number of Topliss-reactive ketones (excluding diaryl/α,β-unsaturated/α-hetero) is 1. The van der Waals surface area contributed by atoms with E-state index in [1.165, 1.54) is 0 Å². The molecule has 0 radical (unpaired) electrons. The lowest BCUT2D eigenvalue weighted by molar-refractivity contribution is -0.153. The van der Waals surface area contributed by atoms with Crippen LogP contribution >= 0.6 is 0 Å². The lowest BCUT2D eigenvalue weighted by Crippen LogP contribution is -2.51. The second-order valence-corrected chi connectivity index (χ2v) is 7.61. The van der Waals surface area contributed by atoms with Crippen LogP contribution in [0.15, 0.2) is 54.6 Å². The highest BCUT2D eigenvalue weighted by molar-refractivity contribution is 6.23. The van der Waals surface area contributed by atoms with E-state index in [0.29, 0.717) is 0 Å². The van der Waals surface area contributed by atoms with Crippen molar-refractivity contribution in [2.45, 2.75) is 33.2 Å². The average molecular weight is 407 g/mol. The highest BCUT2D eigenvalue weighted by Crippen LogP contribution is 2.29. The molecule has 30 heavy (non-hydrogen) atoms. The second kappa shape index (κ2) is 9.03. The number of imide groups is 1. The zero-order valence-corrected chi connectivity index (χ0v) is 17.3. The third-order valence-electron chi connectivity index (χ3n) is 5.22. The molecule has 0 saturated heterocycles. The van der Waals surface area contributed by atoms with E-state index in [1.807, 2.05) is 30.3 Å². The Morgan fingerprint density at radius 2 is 1.43 bits per heavy atom. The Morgan fingerprint density at radius 3 is 1.93 bits per heavy atom. The van der Waals surface area contributed by atoms with Crippen molar-refractivity contribution in [3.8, 4) is 0 Å². The van der Waals surface area contributed by atoms with E-state index in [2.05, 4.69) is 0 Å². The molecule has 2 unspecified atom stereocenters. The number of fused-ring (bicyclic) bond motifs is 1. The fourth-order valence-corrected chi connectivity index (χ4v) is 3.81. The van der Waals surface area contributed by atoms with Gasteiger partial charge >= 0.3 is 5.97 Å². The molecule has 0 spiro atoms. The highest BCUT2D eigenvalue weighted by Gasteiger charge is 2.46. The normalized spacial score (nSPS) is 15.1. The van der Waals surface area contributed by atoms with Crippen LogP contribution in [-0.4, -0.2) is 41.1 Å². The first-order valence-corrected chi connectivity index (χ1v) is 10.1. The molecule has 0 aliphatic carbocycles. The Kier molecular flexibility index (Phi) is 6.45. The number of carbonyl (C=O) groups is 4. The first kappa shape index (κ1) is 21.4. The van der Waals surface area contributed by atoms with Crippen LogP contribution in [0.2, 0.25) is 0 Å². The lowest BCUT2D eigenvalue weighted by Gasteiger charge is -2.30. The van der Waals surface area contributed by atoms with Gasteiger partial charge in [-0.15, -0.1) is 0 Å². The monoisotopic (exact) mass is 407 g/mol. The topological polar surface area (TPSA) is 80.8 Å². The van der Waals surface area contributed by atoms with Gasteiger partial charge in [-0.3, -0.25) is 24.1 Å². The first-order chi connectivity index (χ1) is 14.4. The van der Waals surface area contributed by atoms with E-state index < -0.39 is 35.5 Å². The summed E-state index contributed by atoms with van der Waals surface area (Å²) in [4.78, 5) is 53.2. The summed E-state index contributed by atoms with van der Waals surface area (Å²) in [7, 11) is 0. The summed E-state index contributed by atoms with van der Waals surface area (Å²) in [5.74, 6) is -3.62. The molecule has 156 valence electrons. The first-order valence-electron chi connectivity index (χ1n) is 10.1. The quantitative estimate of drug-likeness (QED) is 0.381. The highest BCUT2D eigenvalue weighted by atomic mass is 16.5. The molecule has 0 fully saturated rings. The Labute approximate surface area is 175 Å². The van der Waals surface area contributed by atoms with Gasteiger partial charge in [-0.1, -0.05) is 56.3 Å². The van der Waals surface area contributed by atoms with Gasteiger partial charge in [0.05, 0.1) is 17.7 Å². The van der Waals surface area contributed by atoms with Crippen LogP contribution in [0, 0.1) is 11.8 Å². The number of carbonyl (C=O) groups excluding carboxylic acids is 4. The molecule has 2 amide bonds. The van der Waals surface area contributed by atoms with Gasteiger partial charge in [0.25, 0.3) is 11.8 Å². The number of amides is 2. The van der Waals surface area contributed by atoms with Gasteiger partial charge in [0, 0.05) is 0 Å². The van der Waals surface area contributed by atoms with Crippen molar-refractivity contribution in [3.05, 3.63) is 71.3 Å². The summed E-state index contributed by atoms with van der Waals surface area (Å²) in [6, 6.07) is 14.6. The Balaban J connectivity index is 1.97. The minimum atomic E-state index is -1.11. The van der Waals surface area contributed by atoms with Crippen LogP contribution in [0.25, 0.3) is 0 Å². The second-order valence-electron chi connectivity index (χ2n) is 7.61. The van der Waals surface area contributed by atoms with E-state index in [1.54, 1.807) is 45.0 Å². The molecule has 2 atom stereocenters. The molecule has 1 aliphatic rings. The summed E-state index contributed by atoms with van der Waals surface area (Å²) in [6.45, 7) is 5.33. The molecule has 1 aliphatic heterocycles. The maximum absolute atomic E-state index is 13.6. The number of ether oxygens (including phenoxy) is 1. The van der Waals surface area contributed by atoms with Gasteiger partial charge in [-0.25, -0.2) is 0 Å². The molecular formula is C24H25NO5. The SMILES string of the molecule is CCOC(=O)C(Cc1ccccc1)C(=O)C(C(C)C)N1C(=O)c2ccccc2C1=O. The van der Waals surface area contributed by atoms with E-state index in [9.17, 15) is 19.2 Å². The molecule has 0 saturated carbocycles. The Morgan fingerprint density at radius 1 is 0.900 bits per heavy atom. The predicted octanol–water partition coefficient (Wildman–Crippen LogP) is 3.30. The van der Waals surface area contributed by atoms with E-state index in [4.69, 9.17) is 4.74 Å². The van der Waals surface area contributed by atoms with Crippen molar-refractivity contribution in [2.24, 2.45) is 11.8 Å². The molecule has 0 aromatic heterocycles. The van der Waals surface area contributed by atoms with Crippen molar-refractivity contribution in [1.29, 1.82) is 0 Å². The summed E-state index contributed by atoms with van der Waals surface area (Å²) >= 11 is 0. The van der Waals surface area contributed by atoms with Crippen LogP contribution in [0.1, 0.15) is 47.1 Å². The van der Waals surface area contributed by atoms with Gasteiger partial charge in [0.2, 0.25) is 0 Å². The van der Waals surface area contributed by atoms with Gasteiger partial charge in [-0.2, -0.15) is 0 Å². The molecular weight excluding hydrogens is 382 g/mol. The van der Waals surface area contributed by atoms with Crippen LogP contribution in [0.3, 0.4) is 0 Å². The number of nitrogens with zero attached hydrogens (tertiary/aromatic N) is 1. The molecule has 0 N–H and O–H groups in total. The summed E-state index contributed by atoms with van der Waals surface area (Å²) in [5, 5.41) is 0. The third kappa shape index (κ3) is 4.03.